The van der Waals surface area contributed by atoms with Gasteiger partial charge >= 0.3 is 0 Å². The summed E-state index contributed by atoms with van der Waals surface area (Å²) in [6, 6.07) is 3.54. The molecule has 1 heterocycles. The van der Waals surface area contributed by atoms with Gasteiger partial charge in [-0.2, -0.15) is 0 Å². The molecule has 0 bridgehead atoms. The Hall–Kier alpha value is -1.36. The number of carbonyl (C=O) groups is 1. The van der Waals surface area contributed by atoms with Crippen molar-refractivity contribution in [2.24, 2.45) is 0 Å². The Morgan fingerprint density at radius 1 is 1.69 bits per heavy atom. The normalized spacial score (nSPS) is 9.56. The number of rotatable bonds is 6. The van der Waals surface area contributed by atoms with E-state index in [2.05, 4.69) is 32.8 Å². The van der Waals surface area contributed by atoms with Gasteiger partial charge in [0.25, 0.3) is 5.91 Å². The van der Waals surface area contributed by atoms with Crippen molar-refractivity contribution in [2.45, 2.75) is 6.42 Å². The molecule has 4 nitrogen and oxygen atoms in total. The van der Waals surface area contributed by atoms with Crippen LogP contribution in [0.2, 0.25) is 0 Å². The number of pyridine rings is 1. The minimum Gasteiger partial charge on any atom is -0.502 e. The molecule has 0 aromatic carbocycles. The molecule has 1 aromatic rings. The predicted molar refractivity (Wildman–Crippen MR) is 65.0 cm³/mol. The number of ether oxygens (including phenoxy) is 1. The average Bonchev–Trinajstić information content (AvgIpc) is 2.29. The molecule has 0 saturated carbocycles. The molecule has 0 aliphatic rings. The monoisotopic (exact) mass is 284 g/mol. The summed E-state index contributed by atoms with van der Waals surface area (Å²) in [5, 5.41) is 2.75. The highest BCUT2D eigenvalue weighted by atomic mass is 79.9. The summed E-state index contributed by atoms with van der Waals surface area (Å²) >= 11 is 3.27. The topological polar surface area (TPSA) is 51.2 Å². The molecule has 5 heteroatoms. The molecule has 0 atom stereocenters. The van der Waals surface area contributed by atoms with Crippen molar-refractivity contribution in [3.63, 3.8) is 0 Å². The van der Waals surface area contributed by atoms with Crippen molar-refractivity contribution >= 4 is 21.8 Å². The fraction of sp³-hybridized carbons (Fsp3) is 0.273. The van der Waals surface area contributed by atoms with E-state index in [0.29, 0.717) is 23.3 Å². The number of hydrogen-bond acceptors (Lipinski definition) is 3. The van der Waals surface area contributed by atoms with Gasteiger partial charge < -0.3 is 10.1 Å². The zero-order valence-corrected chi connectivity index (χ0v) is 10.4. The van der Waals surface area contributed by atoms with E-state index in [1.54, 1.807) is 18.3 Å². The fourth-order valence-corrected chi connectivity index (χ4v) is 1.51. The third-order valence-corrected chi connectivity index (χ3v) is 2.46. The Balaban J connectivity index is 2.36. The van der Waals surface area contributed by atoms with E-state index >= 15 is 0 Å². The average molecular weight is 285 g/mol. The number of carbonyl (C=O) groups excluding carboxylic acids is 1. The van der Waals surface area contributed by atoms with E-state index in [9.17, 15) is 4.79 Å². The molecule has 0 aliphatic heterocycles. The van der Waals surface area contributed by atoms with E-state index < -0.39 is 0 Å². The van der Waals surface area contributed by atoms with E-state index in [1.165, 1.54) is 6.26 Å². The fourth-order valence-electron chi connectivity index (χ4n) is 1.08. The molecule has 0 radical (unpaired) electrons. The van der Waals surface area contributed by atoms with Gasteiger partial charge in [0.2, 0.25) is 0 Å². The van der Waals surface area contributed by atoms with Gasteiger partial charge in [-0.05, 0) is 34.5 Å². The van der Waals surface area contributed by atoms with Crippen LogP contribution in [0.4, 0.5) is 0 Å². The molecule has 0 unspecified atom stereocenters. The lowest BCUT2D eigenvalue weighted by molar-refractivity contribution is 0.0944. The van der Waals surface area contributed by atoms with Gasteiger partial charge in [-0.1, -0.05) is 6.58 Å². The highest BCUT2D eigenvalue weighted by Crippen LogP contribution is 2.12. The van der Waals surface area contributed by atoms with Crippen LogP contribution in [0.3, 0.4) is 0 Å². The molecule has 0 fully saturated rings. The standard InChI is InChI=1S/C11H13BrN2O2/c1-2-16-8-4-7-14-11(15)10-9(12)5-3-6-13-10/h2-3,5-6H,1,4,7-8H2,(H,14,15). The van der Waals surface area contributed by atoms with Gasteiger partial charge in [-0.15, -0.1) is 0 Å². The molecule has 0 aliphatic carbocycles. The van der Waals surface area contributed by atoms with Crippen molar-refractivity contribution in [2.75, 3.05) is 13.2 Å². The summed E-state index contributed by atoms with van der Waals surface area (Å²) in [5.41, 5.74) is 0.395. The summed E-state index contributed by atoms with van der Waals surface area (Å²) in [5.74, 6) is -0.189. The van der Waals surface area contributed by atoms with Crippen LogP contribution in [0.15, 0.2) is 35.6 Å². The maximum absolute atomic E-state index is 11.6. The first-order valence-electron chi connectivity index (χ1n) is 4.87. The Labute approximate surface area is 103 Å². The van der Waals surface area contributed by atoms with Gasteiger partial charge in [-0.3, -0.25) is 4.79 Å². The SMILES string of the molecule is C=COCCCNC(=O)c1ncccc1Br. The smallest absolute Gasteiger partial charge is 0.271 e. The van der Waals surface area contributed by atoms with Crippen LogP contribution in [0, 0.1) is 0 Å². The van der Waals surface area contributed by atoms with Crippen LogP contribution >= 0.6 is 15.9 Å². The van der Waals surface area contributed by atoms with Crippen molar-refractivity contribution < 1.29 is 9.53 Å². The van der Waals surface area contributed by atoms with E-state index in [-0.39, 0.29) is 5.91 Å². The van der Waals surface area contributed by atoms with Crippen molar-refractivity contribution in [3.05, 3.63) is 41.3 Å². The Morgan fingerprint density at radius 2 is 2.50 bits per heavy atom. The van der Waals surface area contributed by atoms with Crippen molar-refractivity contribution in [3.8, 4) is 0 Å². The maximum atomic E-state index is 11.6. The van der Waals surface area contributed by atoms with Crippen LogP contribution in [-0.2, 0) is 4.74 Å². The van der Waals surface area contributed by atoms with E-state index in [4.69, 9.17) is 4.74 Å². The molecule has 1 aromatic heterocycles. The first-order chi connectivity index (χ1) is 7.75. The van der Waals surface area contributed by atoms with Crippen LogP contribution in [0.5, 0.6) is 0 Å². The predicted octanol–water partition coefficient (Wildman–Crippen LogP) is 2.12. The van der Waals surface area contributed by atoms with Crippen molar-refractivity contribution in [1.29, 1.82) is 0 Å². The highest BCUT2D eigenvalue weighted by Gasteiger charge is 2.09. The lowest BCUT2D eigenvalue weighted by Crippen LogP contribution is -2.26. The summed E-state index contributed by atoms with van der Waals surface area (Å²) in [6.45, 7) is 4.53. The lowest BCUT2D eigenvalue weighted by Gasteiger charge is -2.05. The molecule has 16 heavy (non-hydrogen) atoms. The number of amides is 1. The second kappa shape index (κ2) is 7.00. The summed E-state index contributed by atoms with van der Waals surface area (Å²) in [6.07, 6.45) is 3.71. The summed E-state index contributed by atoms with van der Waals surface area (Å²) in [7, 11) is 0. The third kappa shape index (κ3) is 4.02. The molecule has 86 valence electrons. The lowest BCUT2D eigenvalue weighted by atomic mass is 10.3. The molecule has 0 saturated heterocycles. The second-order valence-corrected chi connectivity index (χ2v) is 3.84. The van der Waals surface area contributed by atoms with Gasteiger partial charge in [0.1, 0.15) is 5.69 Å². The molecule has 1 amide bonds. The van der Waals surface area contributed by atoms with Crippen LogP contribution < -0.4 is 5.32 Å². The number of hydrogen-bond donors (Lipinski definition) is 1. The molecular weight excluding hydrogens is 272 g/mol. The van der Waals surface area contributed by atoms with E-state index in [0.717, 1.165) is 6.42 Å². The van der Waals surface area contributed by atoms with Crippen molar-refractivity contribution in [1.82, 2.24) is 10.3 Å². The van der Waals surface area contributed by atoms with Crippen LogP contribution in [-0.4, -0.2) is 24.0 Å². The largest absolute Gasteiger partial charge is 0.502 e. The van der Waals surface area contributed by atoms with Gasteiger partial charge in [0.05, 0.1) is 12.9 Å². The number of nitrogens with one attached hydrogen (secondary N) is 1. The van der Waals surface area contributed by atoms with Crippen LogP contribution in [0.1, 0.15) is 16.9 Å². The quantitative estimate of drug-likeness (QED) is 0.643. The number of aromatic nitrogens is 1. The zero-order chi connectivity index (χ0) is 11.8. The molecular formula is C11H13BrN2O2. The summed E-state index contributed by atoms with van der Waals surface area (Å²) < 4.78 is 5.62. The Morgan fingerprint density at radius 3 is 3.19 bits per heavy atom. The van der Waals surface area contributed by atoms with Gasteiger partial charge in [-0.25, -0.2) is 4.98 Å². The molecule has 0 spiro atoms. The minimum absolute atomic E-state index is 0.189. The first-order valence-corrected chi connectivity index (χ1v) is 5.66. The number of nitrogens with zero attached hydrogens (tertiary/aromatic N) is 1. The van der Waals surface area contributed by atoms with Gasteiger partial charge in [0, 0.05) is 17.2 Å². The Bertz CT molecular complexity index is 369. The third-order valence-electron chi connectivity index (χ3n) is 1.82. The first kappa shape index (κ1) is 12.7. The molecule has 1 rings (SSSR count). The maximum Gasteiger partial charge on any atom is 0.271 e. The van der Waals surface area contributed by atoms with Gasteiger partial charge in [0.15, 0.2) is 0 Å². The van der Waals surface area contributed by atoms with E-state index in [1.807, 2.05) is 0 Å². The zero-order valence-electron chi connectivity index (χ0n) is 8.78. The number of halogens is 1. The van der Waals surface area contributed by atoms with Crippen LogP contribution in [0.25, 0.3) is 0 Å². The minimum atomic E-state index is -0.189. The highest BCUT2D eigenvalue weighted by molar-refractivity contribution is 9.10. The second-order valence-electron chi connectivity index (χ2n) is 2.98. The summed E-state index contributed by atoms with van der Waals surface area (Å²) in [4.78, 5) is 15.6. The Kier molecular flexibility index (Phi) is 5.56. The molecule has 1 N–H and O–H groups in total.